The maximum Gasteiger partial charge on any atom is 0.257 e. The van der Waals surface area contributed by atoms with E-state index in [9.17, 15) is 4.79 Å². The molecule has 2 aromatic carbocycles. The highest BCUT2D eigenvalue weighted by molar-refractivity contribution is 6.04. The van der Waals surface area contributed by atoms with Gasteiger partial charge in [0.25, 0.3) is 5.91 Å². The van der Waals surface area contributed by atoms with E-state index in [-0.39, 0.29) is 5.91 Å². The maximum absolute atomic E-state index is 12.5. The Morgan fingerprint density at radius 1 is 0.962 bits per heavy atom. The number of aromatic nitrogens is 1. The van der Waals surface area contributed by atoms with Crippen LogP contribution >= 0.6 is 0 Å². The van der Waals surface area contributed by atoms with Gasteiger partial charge < -0.3 is 10.6 Å². The Hall–Kier alpha value is -3.14. The number of carbonyl (C=O) groups excluding carboxylic acids is 1. The fourth-order valence-electron chi connectivity index (χ4n) is 2.66. The quantitative estimate of drug-likeness (QED) is 0.641. The van der Waals surface area contributed by atoms with Crippen LogP contribution in [0.2, 0.25) is 0 Å². The number of carbonyl (C=O) groups is 1. The van der Waals surface area contributed by atoms with Crippen LogP contribution in [0, 0.1) is 6.92 Å². The van der Waals surface area contributed by atoms with Gasteiger partial charge in [-0.1, -0.05) is 44.2 Å². The molecule has 132 valence electrons. The summed E-state index contributed by atoms with van der Waals surface area (Å²) in [7, 11) is 0. The molecule has 0 aliphatic heterocycles. The first-order valence-electron chi connectivity index (χ1n) is 8.72. The first kappa shape index (κ1) is 17.7. The minimum Gasteiger partial charge on any atom is -0.354 e. The number of pyridine rings is 1. The Morgan fingerprint density at radius 3 is 2.38 bits per heavy atom. The summed E-state index contributed by atoms with van der Waals surface area (Å²) in [6.45, 7) is 6.32. The summed E-state index contributed by atoms with van der Waals surface area (Å²) in [4.78, 5) is 16.7. The van der Waals surface area contributed by atoms with Crippen molar-refractivity contribution in [2.24, 2.45) is 0 Å². The van der Waals surface area contributed by atoms with Gasteiger partial charge in [-0.05, 0) is 48.2 Å². The van der Waals surface area contributed by atoms with Crippen molar-refractivity contribution >= 4 is 23.0 Å². The predicted octanol–water partition coefficient (Wildman–Crippen LogP) is 5.51. The molecule has 0 unspecified atom stereocenters. The summed E-state index contributed by atoms with van der Waals surface area (Å²) >= 11 is 0. The van der Waals surface area contributed by atoms with Crippen molar-refractivity contribution in [1.82, 2.24) is 4.98 Å². The number of benzene rings is 2. The molecule has 0 saturated heterocycles. The van der Waals surface area contributed by atoms with Crippen molar-refractivity contribution in [2.45, 2.75) is 26.7 Å². The third-order valence-corrected chi connectivity index (χ3v) is 4.26. The van der Waals surface area contributed by atoms with Gasteiger partial charge in [0, 0.05) is 17.6 Å². The number of hydrogen-bond donors (Lipinski definition) is 2. The number of para-hydroxylation sites is 1. The molecule has 1 aromatic heterocycles. The topological polar surface area (TPSA) is 54.0 Å². The highest BCUT2D eigenvalue weighted by Gasteiger charge is 2.09. The van der Waals surface area contributed by atoms with E-state index in [0.717, 1.165) is 22.6 Å². The number of rotatable bonds is 5. The number of anilines is 3. The van der Waals surface area contributed by atoms with Crippen LogP contribution in [0.5, 0.6) is 0 Å². The van der Waals surface area contributed by atoms with E-state index in [1.807, 2.05) is 55.5 Å². The zero-order valence-electron chi connectivity index (χ0n) is 15.3. The van der Waals surface area contributed by atoms with Crippen LogP contribution in [0.4, 0.5) is 17.1 Å². The summed E-state index contributed by atoms with van der Waals surface area (Å²) < 4.78 is 0. The van der Waals surface area contributed by atoms with Crippen molar-refractivity contribution in [3.63, 3.8) is 0 Å². The Balaban J connectivity index is 1.73. The molecule has 3 aromatic rings. The number of nitrogens with one attached hydrogen (secondary N) is 2. The van der Waals surface area contributed by atoms with Crippen molar-refractivity contribution in [2.75, 3.05) is 10.6 Å². The van der Waals surface area contributed by atoms with Crippen molar-refractivity contribution in [3.05, 3.63) is 83.7 Å². The van der Waals surface area contributed by atoms with Gasteiger partial charge in [0.2, 0.25) is 0 Å². The zero-order valence-corrected chi connectivity index (χ0v) is 15.3. The first-order valence-corrected chi connectivity index (χ1v) is 8.72. The second kappa shape index (κ2) is 7.83. The summed E-state index contributed by atoms with van der Waals surface area (Å²) in [6.07, 6.45) is 3.28. The molecule has 0 saturated carbocycles. The maximum atomic E-state index is 12.5. The highest BCUT2D eigenvalue weighted by atomic mass is 16.1. The van der Waals surface area contributed by atoms with Crippen LogP contribution in [-0.2, 0) is 0 Å². The molecular weight excluding hydrogens is 322 g/mol. The third-order valence-electron chi connectivity index (χ3n) is 4.26. The molecule has 1 amide bonds. The third kappa shape index (κ3) is 4.28. The van der Waals surface area contributed by atoms with Gasteiger partial charge in [0.05, 0.1) is 17.4 Å². The molecule has 0 bridgehead atoms. The van der Waals surface area contributed by atoms with Gasteiger partial charge in [-0.15, -0.1) is 0 Å². The molecule has 26 heavy (non-hydrogen) atoms. The molecule has 0 spiro atoms. The van der Waals surface area contributed by atoms with E-state index in [4.69, 9.17) is 0 Å². The minimum atomic E-state index is -0.178. The van der Waals surface area contributed by atoms with Gasteiger partial charge in [-0.3, -0.25) is 9.78 Å². The normalized spacial score (nSPS) is 10.6. The number of hydrogen-bond acceptors (Lipinski definition) is 3. The fourth-order valence-corrected chi connectivity index (χ4v) is 2.66. The molecule has 0 atom stereocenters. The van der Waals surface area contributed by atoms with Crippen LogP contribution in [0.15, 0.2) is 67.0 Å². The Kier molecular flexibility index (Phi) is 5.32. The fraction of sp³-hybridized carbons (Fsp3) is 0.182. The van der Waals surface area contributed by atoms with Gasteiger partial charge in [-0.2, -0.15) is 0 Å². The molecule has 0 aliphatic rings. The number of nitrogens with zero attached hydrogens (tertiary/aromatic N) is 1. The molecule has 1 heterocycles. The highest BCUT2D eigenvalue weighted by Crippen LogP contribution is 2.21. The SMILES string of the molecule is Cc1ccccc1Nc1cncc(C(=O)Nc2ccc(C(C)C)cc2)c1. The lowest BCUT2D eigenvalue weighted by Crippen LogP contribution is -2.12. The zero-order chi connectivity index (χ0) is 18.5. The van der Waals surface area contributed by atoms with Crippen LogP contribution in [0.1, 0.15) is 41.3 Å². The predicted molar refractivity (Wildman–Crippen MR) is 107 cm³/mol. The minimum absolute atomic E-state index is 0.178. The van der Waals surface area contributed by atoms with Crippen molar-refractivity contribution < 1.29 is 4.79 Å². The van der Waals surface area contributed by atoms with Crippen LogP contribution in [0.3, 0.4) is 0 Å². The average molecular weight is 345 g/mol. The summed E-state index contributed by atoms with van der Waals surface area (Å²) in [6, 6.07) is 17.7. The van der Waals surface area contributed by atoms with E-state index in [0.29, 0.717) is 11.5 Å². The largest absolute Gasteiger partial charge is 0.354 e. The summed E-state index contributed by atoms with van der Waals surface area (Å²) in [5.41, 5.74) is 5.44. The van der Waals surface area contributed by atoms with Gasteiger partial charge in [-0.25, -0.2) is 0 Å². The molecular formula is C22H23N3O. The average Bonchev–Trinajstić information content (AvgIpc) is 2.64. The molecule has 0 aliphatic carbocycles. The smallest absolute Gasteiger partial charge is 0.257 e. The van der Waals surface area contributed by atoms with E-state index >= 15 is 0 Å². The van der Waals surface area contributed by atoms with Gasteiger partial charge in [0.1, 0.15) is 0 Å². The van der Waals surface area contributed by atoms with E-state index in [1.54, 1.807) is 18.5 Å². The second-order valence-electron chi connectivity index (χ2n) is 6.63. The van der Waals surface area contributed by atoms with Crippen LogP contribution in [0.25, 0.3) is 0 Å². The number of amides is 1. The van der Waals surface area contributed by atoms with Crippen molar-refractivity contribution in [3.8, 4) is 0 Å². The Labute approximate surface area is 154 Å². The van der Waals surface area contributed by atoms with Crippen LogP contribution in [-0.4, -0.2) is 10.9 Å². The van der Waals surface area contributed by atoms with Gasteiger partial charge in [0.15, 0.2) is 0 Å². The Morgan fingerprint density at radius 2 is 1.69 bits per heavy atom. The van der Waals surface area contributed by atoms with E-state index in [1.165, 1.54) is 5.56 Å². The molecule has 4 nitrogen and oxygen atoms in total. The van der Waals surface area contributed by atoms with Gasteiger partial charge >= 0.3 is 0 Å². The summed E-state index contributed by atoms with van der Waals surface area (Å²) in [5.74, 6) is 0.288. The molecule has 0 radical (unpaired) electrons. The lowest BCUT2D eigenvalue weighted by Gasteiger charge is -2.11. The second-order valence-corrected chi connectivity index (χ2v) is 6.63. The Bertz CT molecular complexity index is 901. The first-order chi connectivity index (χ1) is 12.5. The molecule has 2 N–H and O–H groups in total. The monoisotopic (exact) mass is 345 g/mol. The molecule has 0 fully saturated rings. The lowest BCUT2D eigenvalue weighted by atomic mass is 10.0. The molecule has 4 heteroatoms. The van der Waals surface area contributed by atoms with E-state index in [2.05, 4.69) is 29.5 Å². The number of aryl methyl sites for hydroxylation is 1. The van der Waals surface area contributed by atoms with Crippen molar-refractivity contribution in [1.29, 1.82) is 0 Å². The lowest BCUT2D eigenvalue weighted by molar-refractivity contribution is 0.102. The van der Waals surface area contributed by atoms with E-state index < -0.39 is 0 Å². The standard InChI is InChI=1S/C22H23N3O/c1-15(2)17-8-10-19(11-9-17)25-22(26)18-12-20(14-23-13-18)24-21-7-5-4-6-16(21)3/h4-15,24H,1-3H3,(H,25,26). The van der Waals surface area contributed by atoms with Crippen LogP contribution < -0.4 is 10.6 Å². The molecule has 3 rings (SSSR count). The summed E-state index contributed by atoms with van der Waals surface area (Å²) in [5, 5.41) is 6.23.